The van der Waals surface area contributed by atoms with E-state index in [4.69, 9.17) is 10.5 Å². The summed E-state index contributed by atoms with van der Waals surface area (Å²) in [6.45, 7) is 3.75. The zero-order valence-corrected chi connectivity index (χ0v) is 20.8. The van der Waals surface area contributed by atoms with E-state index in [-0.39, 0.29) is 18.0 Å². The molecule has 0 saturated carbocycles. The van der Waals surface area contributed by atoms with Crippen LogP contribution in [0.2, 0.25) is 0 Å². The maximum Gasteiger partial charge on any atom is 0.141 e. The van der Waals surface area contributed by atoms with E-state index >= 15 is 0 Å². The Kier molecular flexibility index (Phi) is 7.26. The van der Waals surface area contributed by atoms with Crippen LogP contribution in [-0.2, 0) is 6.54 Å². The molecule has 1 unspecified atom stereocenters. The lowest BCUT2D eigenvalue weighted by Gasteiger charge is -2.34. The van der Waals surface area contributed by atoms with Crippen LogP contribution in [0.5, 0.6) is 5.75 Å². The van der Waals surface area contributed by atoms with Gasteiger partial charge in [-0.3, -0.25) is 4.68 Å². The second kappa shape index (κ2) is 10.7. The van der Waals surface area contributed by atoms with Gasteiger partial charge in [0.1, 0.15) is 29.6 Å². The largest absolute Gasteiger partial charge is 0.490 e. The van der Waals surface area contributed by atoms with Crippen molar-refractivity contribution in [1.29, 1.82) is 0 Å². The van der Waals surface area contributed by atoms with Crippen molar-refractivity contribution in [3.05, 3.63) is 60.6 Å². The maximum atomic E-state index is 14.1. The summed E-state index contributed by atoms with van der Waals surface area (Å²) >= 11 is 0. The Morgan fingerprint density at radius 1 is 1.22 bits per heavy atom. The quantitative estimate of drug-likeness (QED) is 0.370. The molecule has 1 fully saturated rings. The van der Waals surface area contributed by atoms with Crippen molar-refractivity contribution in [3.8, 4) is 17.0 Å². The predicted octanol–water partition coefficient (Wildman–Crippen LogP) is 3.07. The Balaban J connectivity index is 1.18. The first kappa shape index (κ1) is 24.4. The molecule has 1 atom stereocenters. The Morgan fingerprint density at radius 3 is 2.83 bits per heavy atom. The second-order valence-electron chi connectivity index (χ2n) is 9.71. The number of ether oxygens (including phenoxy) is 1. The smallest absolute Gasteiger partial charge is 0.141 e. The number of halogens is 1. The van der Waals surface area contributed by atoms with Crippen LogP contribution < -0.4 is 10.5 Å². The number of hydrogen-bond donors (Lipinski definition) is 2. The van der Waals surface area contributed by atoms with Gasteiger partial charge in [0.05, 0.1) is 17.9 Å². The van der Waals surface area contributed by atoms with Crippen molar-refractivity contribution >= 4 is 11.0 Å². The highest BCUT2D eigenvalue weighted by atomic mass is 19.1. The van der Waals surface area contributed by atoms with Gasteiger partial charge in [-0.25, -0.2) is 14.4 Å². The zero-order chi connectivity index (χ0) is 25.1. The first-order chi connectivity index (χ1) is 17.5. The molecule has 1 saturated heterocycles. The summed E-state index contributed by atoms with van der Waals surface area (Å²) in [5.41, 5.74) is 9.67. The van der Waals surface area contributed by atoms with Gasteiger partial charge in [-0.05, 0) is 50.7 Å². The highest BCUT2D eigenvalue weighted by Gasteiger charge is 2.24. The van der Waals surface area contributed by atoms with Crippen LogP contribution in [0.4, 0.5) is 4.39 Å². The first-order valence-corrected chi connectivity index (χ1v) is 12.3. The van der Waals surface area contributed by atoms with Gasteiger partial charge in [0.25, 0.3) is 0 Å². The molecule has 0 radical (unpaired) electrons. The van der Waals surface area contributed by atoms with Crippen molar-refractivity contribution in [1.82, 2.24) is 34.5 Å². The number of piperidine rings is 1. The summed E-state index contributed by atoms with van der Waals surface area (Å²) < 4.78 is 22.2. The lowest BCUT2D eigenvalue weighted by Crippen LogP contribution is -2.42. The summed E-state index contributed by atoms with van der Waals surface area (Å²) in [4.78, 5) is 16.3. The molecule has 4 aromatic rings. The topological polar surface area (TPSA) is 101 Å². The third-order valence-corrected chi connectivity index (χ3v) is 6.61. The predicted molar refractivity (Wildman–Crippen MR) is 137 cm³/mol. The van der Waals surface area contributed by atoms with Gasteiger partial charge in [-0.15, -0.1) is 0 Å². The van der Waals surface area contributed by atoms with Gasteiger partial charge >= 0.3 is 0 Å². The Morgan fingerprint density at radius 2 is 2.06 bits per heavy atom. The molecule has 1 aromatic carbocycles. The highest BCUT2D eigenvalue weighted by Crippen LogP contribution is 2.26. The minimum atomic E-state index is -0.259. The number of aromatic nitrogens is 5. The fraction of sp³-hybridized carbons (Fsp3) is 0.423. The van der Waals surface area contributed by atoms with E-state index in [1.807, 2.05) is 54.4 Å². The van der Waals surface area contributed by atoms with Crippen LogP contribution in [0, 0.1) is 5.82 Å². The standard InChI is InChI=1S/C26H33FN8O/c1-33(2)14-18-9-20(27)11-23(10-18)36-22-4-7-34(8-5-22)16-21(12-28)35-15-19(13-32-35)25-24-3-6-29-26(24)31-17-30-25/h3,6,9-11,13,15,17,21-22H,4-5,7-8,12,14,16,28H2,1-2H3,(H,29,30,31). The molecule has 5 rings (SSSR count). The number of nitrogens with two attached hydrogens (primary N) is 1. The number of H-pyrrole nitrogens is 1. The molecule has 10 heteroatoms. The molecular formula is C26H33FN8O. The average molecular weight is 493 g/mol. The molecule has 0 aliphatic carbocycles. The normalized spacial score (nSPS) is 16.1. The Labute approximate surface area is 210 Å². The van der Waals surface area contributed by atoms with Gasteiger partial charge in [-0.1, -0.05) is 0 Å². The zero-order valence-electron chi connectivity index (χ0n) is 20.8. The van der Waals surface area contributed by atoms with Crippen molar-refractivity contribution in [2.45, 2.75) is 31.5 Å². The van der Waals surface area contributed by atoms with Crippen LogP contribution in [0.15, 0.2) is 49.2 Å². The van der Waals surface area contributed by atoms with E-state index in [0.29, 0.717) is 18.8 Å². The summed E-state index contributed by atoms with van der Waals surface area (Å²) in [6.07, 6.45) is 9.11. The van der Waals surface area contributed by atoms with Gasteiger partial charge < -0.3 is 25.3 Å². The molecular weight excluding hydrogens is 459 g/mol. The molecule has 3 aromatic heterocycles. The third-order valence-electron chi connectivity index (χ3n) is 6.61. The fourth-order valence-corrected chi connectivity index (χ4v) is 4.87. The number of rotatable bonds is 9. The minimum Gasteiger partial charge on any atom is -0.490 e. The van der Waals surface area contributed by atoms with Gasteiger partial charge in [0, 0.05) is 62.1 Å². The van der Waals surface area contributed by atoms with Crippen LogP contribution in [0.1, 0.15) is 24.4 Å². The van der Waals surface area contributed by atoms with E-state index in [1.165, 1.54) is 6.07 Å². The molecule has 1 aliphatic rings. The van der Waals surface area contributed by atoms with Gasteiger partial charge in [-0.2, -0.15) is 5.10 Å². The third kappa shape index (κ3) is 5.56. The number of nitrogens with one attached hydrogen (secondary N) is 1. The summed E-state index contributed by atoms with van der Waals surface area (Å²) in [5, 5.41) is 5.57. The van der Waals surface area contributed by atoms with Gasteiger partial charge in [0.15, 0.2) is 0 Å². The lowest BCUT2D eigenvalue weighted by molar-refractivity contribution is 0.0912. The van der Waals surface area contributed by atoms with Gasteiger partial charge in [0.2, 0.25) is 0 Å². The van der Waals surface area contributed by atoms with Crippen molar-refractivity contribution < 1.29 is 9.13 Å². The monoisotopic (exact) mass is 492 g/mol. The summed E-state index contributed by atoms with van der Waals surface area (Å²) in [5.74, 6) is 0.348. The average Bonchev–Trinajstić information content (AvgIpc) is 3.53. The van der Waals surface area contributed by atoms with Crippen molar-refractivity contribution in [3.63, 3.8) is 0 Å². The summed E-state index contributed by atoms with van der Waals surface area (Å²) in [7, 11) is 3.94. The Bertz CT molecular complexity index is 1290. The van der Waals surface area contributed by atoms with Crippen molar-refractivity contribution in [2.75, 3.05) is 40.3 Å². The molecule has 1 aliphatic heterocycles. The van der Waals surface area contributed by atoms with E-state index in [1.54, 1.807) is 12.4 Å². The van der Waals surface area contributed by atoms with Crippen LogP contribution in [0.3, 0.4) is 0 Å². The molecule has 0 bridgehead atoms. The molecule has 3 N–H and O–H groups in total. The number of fused-ring (bicyclic) bond motifs is 1. The Hall–Kier alpha value is -3.34. The molecule has 36 heavy (non-hydrogen) atoms. The maximum absolute atomic E-state index is 14.1. The number of likely N-dealkylation sites (tertiary alicyclic amines) is 1. The fourth-order valence-electron chi connectivity index (χ4n) is 4.87. The number of nitrogens with zero attached hydrogens (tertiary/aromatic N) is 6. The molecule has 4 heterocycles. The van der Waals surface area contributed by atoms with Crippen molar-refractivity contribution in [2.24, 2.45) is 5.73 Å². The minimum absolute atomic E-state index is 0.0524. The first-order valence-electron chi connectivity index (χ1n) is 12.3. The number of benzene rings is 1. The van der Waals surface area contributed by atoms with Crippen LogP contribution >= 0.6 is 0 Å². The van der Waals surface area contributed by atoms with Crippen LogP contribution in [-0.4, -0.2) is 80.9 Å². The summed E-state index contributed by atoms with van der Waals surface area (Å²) in [6, 6.07) is 7.01. The number of hydrogen-bond acceptors (Lipinski definition) is 7. The molecule has 190 valence electrons. The van der Waals surface area contributed by atoms with E-state index in [2.05, 4.69) is 25.0 Å². The number of aromatic amines is 1. The molecule has 0 spiro atoms. The SMILES string of the molecule is CN(C)Cc1cc(F)cc(OC2CCN(CC(CN)n3cc(-c4ncnc5[nH]ccc45)cn3)CC2)c1. The highest BCUT2D eigenvalue weighted by molar-refractivity contribution is 5.89. The van der Waals surface area contributed by atoms with E-state index < -0.39 is 0 Å². The van der Waals surface area contributed by atoms with E-state index in [9.17, 15) is 4.39 Å². The lowest BCUT2D eigenvalue weighted by atomic mass is 10.1. The molecule has 0 amide bonds. The second-order valence-corrected chi connectivity index (χ2v) is 9.71. The molecule has 9 nitrogen and oxygen atoms in total. The van der Waals surface area contributed by atoms with Crippen LogP contribution in [0.25, 0.3) is 22.3 Å². The van der Waals surface area contributed by atoms with E-state index in [0.717, 1.165) is 60.3 Å².